The van der Waals surface area contributed by atoms with Crippen LogP contribution in [0.25, 0.3) is 21.9 Å². The summed E-state index contributed by atoms with van der Waals surface area (Å²) >= 11 is 0. The van der Waals surface area contributed by atoms with Gasteiger partial charge in [-0.3, -0.25) is 10.1 Å². The number of nitrogens with zero attached hydrogens (tertiary/aromatic N) is 1. The summed E-state index contributed by atoms with van der Waals surface area (Å²) in [5.41, 5.74) is 0.759. The number of fused-ring (bicyclic) bond motifs is 3. The standard InChI is InChI=1S/C21H13F4NO5/c22-20(23)21(24,25)11-29-14-7-12(26(27)28)8-15(9-14)30-13-5-6-19-17(10-13)16-3-1-2-4-18(16)31-19/h1-10,20H,11H2. The van der Waals surface area contributed by atoms with E-state index in [-0.39, 0.29) is 5.75 Å². The summed E-state index contributed by atoms with van der Waals surface area (Å²) in [5, 5.41) is 12.7. The van der Waals surface area contributed by atoms with Gasteiger partial charge in [-0.1, -0.05) is 18.2 Å². The van der Waals surface area contributed by atoms with Crippen molar-refractivity contribution in [1.29, 1.82) is 0 Å². The average molecular weight is 435 g/mol. The zero-order chi connectivity index (χ0) is 22.2. The first-order valence-corrected chi connectivity index (χ1v) is 8.90. The van der Waals surface area contributed by atoms with E-state index in [0.29, 0.717) is 16.9 Å². The second-order valence-corrected chi connectivity index (χ2v) is 6.63. The quantitative estimate of drug-likeness (QED) is 0.187. The number of alkyl halides is 4. The molecule has 1 aromatic heterocycles. The molecule has 0 aliphatic rings. The van der Waals surface area contributed by atoms with Crippen LogP contribution < -0.4 is 9.47 Å². The second-order valence-electron chi connectivity index (χ2n) is 6.63. The number of nitro groups is 1. The van der Waals surface area contributed by atoms with Crippen molar-refractivity contribution in [3.63, 3.8) is 0 Å². The molecule has 0 spiro atoms. The van der Waals surface area contributed by atoms with E-state index in [9.17, 15) is 27.7 Å². The summed E-state index contributed by atoms with van der Waals surface area (Å²) < 4.78 is 67.0. The highest BCUT2D eigenvalue weighted by Crippen LogP contribution is 2.35. The lowest BCUT2D eigenvalue weighted by molar-refractivity contribution is -0.385. The number of benzene rings is 3. The molecule has 0 saturated carbocycles. The minimum absolute atomic E-state index is 0.0864. The van der Waals surface area contributed by atoms with Gasteiger partial charge in [0, 0.05) is 16.8 Å². The molecule has 0 aliphatic carbocycles. The molecular weight excluding hydrogens is 422 g/mol. The number of hydrogen-bond donors (Lipinski definition) is 0. The molecule has 0 saturated heterocycles. The molecular formula is C21H13F4NO5. The fourth-order valence-corrected chi connectivity index (χ4v) is 2.95. The van der Waals surface area contributed by atoms with E-state index < -0.39 is 35.3 Å². The van der Waals surface area contributed by atoms with Gasteiger partial charge in [0.2, 0.25) is 0 Å². The maximum Gasteiger partial charge on any atom is 0.340 e. The maximum atomic E-state index is 13.1. The normalized spacial score (nSPS) is 11.9. The third-order valence-electron chi connectivity index (χ3n) is 4.41. The van der Waals surface area contributed by atoms with E-state index >= 15 is 0 Å². The van der Waals surface area contributed by atoms with Crippen molar-refractivity contribution in [3.05, 3.63) is 70.8 Å². The zero-order valence-electron chi connectivity index (χ0n) is 15.6. The van der Waals surface area contributed by atoms with Crippen LogP contribution >= 0.6 is 0 Å². The first-order chi connectivity index (χ1) is 14.7. The van der Waals surface area contributed by atoms with Gasteiger partial charge in [0.1, 0.15) is 28.4 Å². The van der Waals surface area contributed by atoms with Crippen molar-refractivity contribution in [2.45, 2.75) is 12.3 Å². The summed E-state index contributed by atoms with van der Waals surface area (Å²) in [6.07, 6.45) is -3.93. The highest BCUT2D eigenvalue weighted by atomic mass is 19.3. The van der Waals surface area contributed by atoms with Gasteiger partial charge >= 0.3 is 12.3 Å². The molecule has 0 fully saturated rings. The van der Waals surface area contributed by atoms with Crippen LogP contribution in [0.3, 0.4) is 0 Å². The van der Waals surface area contributed by atoms with E-state index in [2.05, 4.69) is 4.74 Å². The Hall–Kier alpha value is -3.82. The lowest BCUT2D eigenvalue weighted by atomic mass is 10.1. The first kappa shape index (κ1) is 20.5. The van der Waals surface area contributed by atoms with E-state index in [1.54, 1.807) is 24.3 Å². The van der Waals surface area contributed by atoms with Crippen molar-refractivity contribution in [1.82, 2.24) is 0 Å². The Labute approximate surface area is 171 Å². The molecule has 160 valence electrons. The summed E-state index contributed by atoms with van der Waals surface area (Å²) in [6.45, 7) is -1.64. The van der Waals surface area contributed by atoms with E-state index in [4.69, 9.17) is 9.15 Å². The predicted molar refractivity (Wildman–Crippen MR) is 103 cm³/mol. The van der Waals surface area contributed by atoms with Gasteiger partial charge in [0.15, 0.2) is 6.61 Å². The number of rotatable bonds is 7. The predicted octanol–water partition coefficient (Wildman–Crippen LogP) is 6.57. The Morgan fingerprint density at radius 1 is 0.935 bits per heavy atom. The van der Waals surface area contributed by atoms with Crippen LogP contribution in [0.2, 0.25) is 0 Å². The van der Waals surface area contributed by atoms with Gasteiger partial charge in [-0.2, -0.15) is 8.78 Å². The lowest BCUT2D eigenvalue weighted by Gasteiger charge is -2.16. The molecule has 0 radical (unpaired) electrons. The van der Waals surface area contributed by atoms with Crippen LogP contribution in [0.5, 0.6) is 17.2 Å². The number of nitro benzene ring substituents is 1. The molecule has 0 bridgehead atoms. The minimum Gasteiger partial charge on any atom is -0.487 e. The molecule has 1 heterocycles. The topological polar surface area (TPSA) is 74.7 Å². The number of furan rings is 1. The number of para-hydroxylation sites is 1. The van der Waals surface area contributed by atoms with Crippen LogP contribution in [-0.2, 0) is 0 Å². The summed E-state index contributed by atoms with van der Waals surface area (Å²) in [6, 6.07) is 15.2. The highest BCUT2D eigenvalue weighted by Gasteiger charge is 2.41. The molecule has 0 N–H and O–H groups in total. The molecule has 0 amide bonds. The number of halogens is 4. The molecule has 6 nitrogen and oxygen atoms in total. The largest absolute Gasteiger partial charge is 0.487 e. The Morgan fingerprint density at radius 3 is 2.39 bits per heavy atom. The summed E-state index contributed by atoms with van der Waals surface area (Å²) in [4.78, 5) is 10.4. The molecule has 31 heavy (non-hydrogen) atoms. The van der Waals surface area contributed by atoms with Crippen molar-refractivity contribution >= 4 is 27.6 Å². The summed E-state index contributed by atoms with van der Waals surface area (Å²) in [5.74, 6) is -4.60. The lowest BCUT2D eigenvalue weighted by Crippen LogP contribution is -2.33. The Bertz CT molecular complexity index is 1270. The number of hydrogen-bond acceptors (Lipinski definition) is 5. The van der Waals surface area contributed by atoms with E-state index in [1.807, 2.05) is 18.2 Å². The molecule has 0 atom stereocenters. The van der Waals surface area contributed by atoms with Gasteiger partial charge in [0.25, 0.3) is 5.69 Å². The SMILES string of the molecule is O=[N+]([O-])c1cc(OCC(F)(F)C(F)F)cc(Oc2ccc3oc4ccccc4c3c2)c1. The van der Waals surface area contributed by atoms with Crippen molar-refractivity contribution in [2.24, 2.45) is 0 Å². The molecule has 3 aromatic carbocycles. The fraction of sp³-hybridized carbons (Fsp3) is 0.143. The van der Waals surface area contributed by atoms with Crippen LogP contribution in [0, 0.1) is 10.1 Å². The summed E-state index contributed by atoms with van der Waals surface area (Å²) in [7, 11) is 0. The van der Waals surface area contributed by atoms with Crippen molar-refractivity contribution in [3.8, 4) is 17.2 Å². The minimum atomic E-state index is -4.40. The van der Waals surface area contributed by atoms with Gasteiger partial charge in [0.05, 0.1) is 17.1 Å². The van der Waals surface area contributed by atoms with Crippen molar-refractivity contribution in [2.75, 3.05) is 6.61 Å². The van der Waals surface area contributed by atoms with E-state index in [0.717, 1.165) is 29.0 Å². The van der Waals surface area contributed by atoms with Crippen LogP contribution in [-0.4, -0.2) is 23.9 Å². The molecule has 0 aliphatic heterocycles. The van der Waals surface area contributed by atoms with Crippen LogP contribution in [0.1, 0.15) is 0 Å². The van der Waals surface area contributed by atoms with Crippen LogP contribution in [0.4, 0.5) is 23.2 Å². The third-order valence-corrected chi connectivity index (χ3v) is 4.41. The van der Waals surface area contributed by atoms with Gasteiger partial charge < -0.3 is 13.9 Å². The first-order valence-electron chi connectivity index (χ1n) is 8.90. The highest BCUT2D eigenvalue weighted by molar-refractivity contribution is 6.05. The van der Waals surface area contributed by atoms with Gasteiger partial charge in [-0.15, -0.1) is 0 Å². The fourth-order valence-electron chi connectivity index (χ4n) is 2.95. The third kappa shape index (κ3) is 4.23. The number of non-ortho nitro benzene ring substituents is 1. The zero-order valence-corrected chi connectivity index (χ0v) is 15.6. The second kappa shape index (κ2) is 7.78. The van der Waals surface area contributed by atoms with Gasteiger partial charge in [-0.25, -0.2) is 8.78 Å². The molecule has 10 heteroatoms. The average Bonchev–Trinajstić information content (AvgIpc) is 3.10. The Balaban J connectivity index is 1.65. The monoisotopic (exact) mass is 435 g/mol. The Morgan fingerprint density at radius 2 is 1.65 bits per heavy atom. The Kier molecular flexibility index (Phi) is 5.14. The maximum absolute atomic E-state index is 13.1. The van der Waals surface area contributed by atoms with E-state index in [1.165, 1.54) is 0 Å². The van der Waals surface area contributed by atoms with Gasteiger partial charge in [-0.05, 0) is 24.3 Å². The molecule has 0 unspecified atom stereocenters. The van der Waals surface area contributed by atoms with Crippen LogP contribution in [0.15, 0.2) is 65.1 Å². The molecule has 4 aromatic rings. The number of ether oxygens (including phenoxy) is 2. The van der Waals surface area contributed by atoms with Crippen molar-refractivity contribution < 1.29 is 36.4 Å². The smallest absolute Gasteiger partial charge is 0.340 e. The molecule has 4 rings (SSSR count).